The Kier molecular flexibility index (Phi) is 5.68. The maximum atomic E-state index is 13.5. The lowest BCUT2D eigenvalue weighted by Crippen LogP contribution is -2.45. The summed E-state index contributed by atoms with van der Waals surface area (Å²) >= 11 is 0. The Hall–Kier alpha value is -2.44. The number of ether oxygens (including phenoxy) is 1. The number of rotatable bonds is 5. The molecule has 0 bridgehead atoms. The van der Waals surface area contributed by atoms with Crippen molar-refractivity contribution in [1.82, 2.24) is 9.80 Å². The van der Waals surface area contributed by atoms with Gasteiger partial charge >= 0.3 is 6.09 Å². The molecule has 170 valence electrons. The number of piperidine rings is 1. The number of cyclic esters (lactones) is 1. The molecule has 32 heavy (non-hydrogen) atoms. The highest BCUT2D eigenvalue weighted by molar-refractivity contribution is 5.69. The van der Waals surface area contributed by atoms with Crippen LogP contribution >= 0.6 is 0 Å². The third-order valence-corrected chi connectivity index (χ3v) is 7.63. The minimum absolute atomic E-state index is 0.0791. The van der Waals surface area contributed by atoms with Crippen LogP contribution in [-0.4, -0.2) is 60.3 Å². The van der Waals surface area contributed by atoms with Crippen molar-refractivity contribution < 1.29 is 19.0 Å². The predicted molar refractivity (Wildman–Crippen MR) is 120 cm³/mol. The zero-order valence-corrected chi connectivity index (χ0v) is 18.6. The van der Waals surface area contributed by atoms with Gasteiger partial charge in [0.05, 0.1) is 12.1 Å². The van der Waals surface area contributed by atoms with Crippen LogP contribution in [0.25, 0.3) is 0 Å². The molecule has 2 aliphatic heterocycles. The molecule has 2 fully saturated rings. The van der Waals surface area contributed by atoms with Crippen LogP contribution in [0.3, 0.4) is 0 Å². The Morgan fingerprint density at radius 1 is 1.09 bits per heavy atom. The first-order valence-electron chi connectivity index (χ1n) is 11.7. The van der Waals surface area contributed by atoms with Crippen molar-refractivity contribution in [3.63, 3.8) is 0 Å². The summed E-state index contributed by atoms with van der Waals surface area (Å²) in [5.41, 5.74) is 3.55. The van der Waals surface area contributed by atoms with Crippen molar-refractivity contribution in [3.8, 4) is 0 Å². The van der Waals surface area contributed by atoms with Gasteiger partial charge in [-0.3, -0.25) is 0 Å². The summed E-state index contributed by atoms with van der Waals surface area (Å²) in [4.78, 5) is 15.8. The largest absolute Gasteiger partial charge is 0.448 e. The summed E-state index contributed by atoms with van der Waals surface area (Å²) in [5.74, 6) is 0.0256. The number of nitrogens with zero attached hydrogens (tertiary/aromatic N) is 2. The minimum atomic E-state index is -0.870. The summed E-state index contributed by atoms with van der Waals surface area (Å²) in [5, 5.41) is 12.0. The number of benzene rings is 2. The van der Waals surface area contributed by atoms with Gasteiger partial charge in [-0.15, -0.1) is 0 Å². The fourth-order valence-electron chi connectivity index (χ4n) is 5.78. The zero-order valence-electron chi connectivity index (χ0n) is 18.6. The second-order valence-corrected chi connectivity index (χ2v) is 9.54. The van der Waals surface area contributed by atoms with Crippen molar-refractivity contribution in [2.24, 2.45) is 5.92 Å². The molecular weight excluding hydrogens is 407 g/mol. The molecule has 0 aromatic heterocycles. The summed E-state index contributed by atoms with van der Waals surface area (Å²) in [6.45, 7) is 6.60. The Morgan fingerprint density at radius 3 is 2.53 bits per heavy atom. The van der Waals surface area contributed by atoms with Gasteiger partial charge in [0.15, 0.2) is 0 Å². The van der Waals surface area contributed by atoms with Gasteiger partial charge in [-0.1, -0.05) is 35.9 Å². The highest BCUT2D eigenvalue weighted by Gasteiger charge is 2.48. The van der Waals surface area contributed by atoms with E-state index in [1.54, 1.807) is 4.90 Å². The molecule has 5 nitrogen and oxygen atoms in total. The first-order valence-corrected chi connectivity index (χ1v) is 11.7. The molecule has 2 aromatic rings. The molecule has 1 aliphatic carbocycles. The molecule has 2 saturated heterocycles. The van der Waals surface area contributed by atoms with Gasteiger partial charge in [0.1, 0.15) is 12.4 Å². The molecule has 2 heterocycles. The quantitative estimate of drug-likeness (QED) is 0.766. The lowest BCUT2D eigenvalue weighted by atomic mass is 9.76. The van der Waals surface area contributed by atoms with E-state index in [2.05, 4.69) is 30.0 Å². The van der Waals surface area contributed by atoms with Gasteiger partial charge in [0.25, 0.3) is 0 Å². The topological polar surface area (TPSA) is 53.0 Å². The van der Waals surface area contributed by atoms with E-state index in [4.69, 9.17) is 4.74 Å². The lowest BCUT2D eigenvalue weighted by Gasteiger charge is -2.40. The van der Waals surface area contributed by atoms with Gasteiger partial charge in [-0.2, -0.15) is 0 Å². The van der Waals surface area contributed by atoms with Crippen LogP contribution in [0.15, 0.2) is 42.5 Å². The van der Waals surface area contributed by atoms with Crippen LogP contribution in [-0.2, 0) is 10.3 Å². The number of carbonyl (C=O) groups is 1. The Bertz CT molecular complexity index is 987. The number of hydrogen-bond donors (Lipinski definition) is 1. The van der Waals surface area contributed by atoms with Crippen LogP contribution in [0.1, 0.15) is 47.4 Å². The number of likely N-dealkylation sites (tertiary alicyclic amines) is 1. The molecule has 5 rings (SSSR count). The summed E-state index contributed by atoms with van der Waals surface area (Å²) in [7, 11) is 0. The van der Waals surface area contributed by atoms with Crippen molar-refractivity contribution in [2.45, 2.75) is 37.7 Å². The van der Waals surface area contributed by atoms with Crippen LogP contribution in [0.5, 0.6) is 0 Å². The van der Waals surface area contributed by atoms with Crippen molar-refractivity contribution in [2.75, 3.05) is 39.3 Å². The zero-order chi connectivity index (χ0) is 22.3. The maximum Gasteiger partial charge on any atom is 0.409 e. The number of amides is 1. The van der Waals surface area contributed by atoms with E-state index in [1.165, 1.54) is 17.7 Å². The van der Waals surface area contributed by atoms with Crippen LogP contribution in [0.4, 0.5) is 9.18 Å². The molecule has 0 saturated carbocycles. The Balaban J connectivity index is 1.30. The normalized spacial score (nSPS) is 26.4. The van der Waals surface area contributed by atoms with Gasteiger partial charge in [0, 0.05) is 19.0 Å². The van der Waals surface area contributed by atoms with Crippen molar-refractivity contribution in [1.29, 1.82) is 0 Å². The molecule has 3 aliphatic rings. The second-order valence-electron chi connectivity index (χ2n) is 9.54. The molecule has 1 amide bonds. The number of fused-ring (bicyclic) bond motifs is 1. The molecule has 2 atom stereocenters. The maximum absolute atomic E-state index is 13.5. The molecule has 6 heteroatoms. The first-order chi connectivity index (χ1) is 15.4. The molecular formula is C26H31FN2O3. The average molecular weight is 439 g/mol. The minimum Gasteiger partial charge on any atom is -0.448 e. The third kappa shape index (κ3) is 3.90. The number of hydrogen-bond acceptors (Lipinski definition) is 4. The van der Waals surface area contributed by atoms with E-state index >= 15 is 0 Å². The standard InChI is InChI=1S/C26H31FN2O3/c1-18-2-7-22-23(19-3-5-21(27)6-4-19)17-26(31,24(22)16-18)20-8-10-28(11-9-20)12-13-29-14-15-32-25(29)30/h2-7,16,20,23,31H,8-15,17H2,1H3. The van der Waals surface area contributed by atoms with E-state index in [-0.39, 0.29) is 23.7 Å². The van der Waals surface area contributed by atoms with Crippen LogP contribution in [0, 0.1) is 18.7 Å². The van der Waals surface area contributed by atoms with Gasteiger partial charge in [0.2, 0.25) is 0 Å². The van der Waals surface area contributed by atoms with E-state index in [0.717, 1.165) is 49.2 Å². The number of aliphatic hydroxyl groups is 1. The Labute approximate surface area is 188 Å². The van der Waals surface area contributed by atoms with E-state index in [9.17, 15) is 14.3 Å². The summed E-state index contributed by atoms with van der Waals surface area (Å²) in [6, 6.07) is 13.1. The number of halogens is 1. The van der Waals surface area contributed by atoms with Gasteiger partial charge < -0.3 is 19.6 Å². The smallest absolute Gasteiger partial charge is 0.409 e. The van der Waals surface area contributed by atoms with Crippen molar-refractivity contribution in [3.05, 3.63) is 70.5 Å². The molecule has 1 N–H and O–H groups in total. The monoisotopic (exact) mass is 438 g/mol. The second kappa shape index (κ2) is 8.49. The first kappa shape index (κ1) is 21.4. The van der Waals surface area contributed by atoms with E-state index in [1.807, 2.05) is 12.1 Å². The average Bonchev–Trinajstić information content (AvgIpc) is 3.34. The third-order valence-electron chi connectivity index (χ3n) is 7.63. The lowest BCUT2D eigenvalue weighted by molar-refractivity contribution is -0.0493. The fraction of sp³-hybridized carbons (Fsp3) is 0.500. The van der Waals surface area contributed by atoms with Gasteiger partial charge in [-0.05, 0) is 74.0 Å². The number of carbonyl (C=O) groups excluding carboxylic acids is 1. The van der Waals surface area contributed by atoms with Crippen LogP contribution < -0.4 is 0 Å². The molecule has 0 radical (unpaired) electrons. The summed E-state index contributed by atoms with van der Waals surface area (Å²) in [6.07, 6.45) is 2.27. The number of aryl methyl sites for hydroxylation is 1. The highest BCUT2D eigenvalue weighted by Crippen LogP contribution is 2.53. The SMILES string of the molecule is Cc1ccc2c(c1)C(O)(C1CCN(CCN3CCOC3=O)CC1)CC2c1ccc(F)cc1. The van der Waals surface area contributed by atoms with Gasteiger partial charge in [-0.25, -0.2) is 9.18 Å². The summed E-state index contributed by atoms with van der Waals surface area (Å²) < 4.78 is 18.5. The van der Waals surface area contributed by atoms with E-state index in [0.29, 0.717) is 26.1 Å². The molecule has 2 unspecified atom stereocenters. The fourth-order valence-corrected chi connectivity index (χ4v) is 5.78. The Morgan fingerprint density at radius 2 is 1.84 bits per heavy atom. The molecule has 2 aromatic carbocycles. The van der Waals surface area contributed by atoms with Crippen molar-refractivity contribution >= 4 is 6.09 Å². The van der Waals surface area contributed by atoms with Crippen LogP contribution in [0.2, 0.25) is 0 Å². The molecule has 0 spiro atoms. The predicted octanol–water partition coefficient (Wildman–Crippen LogP) is 4.02. The van der Waals surface area contributed by atoms with E-state index < -0.39 is 5.60 Å². The highest BCUT2D eigenvalue weighted by atomic mass is 19.1.